The lowest BCUT2D eigenvalue weighted by atomic mass is 9.96. The van der Waals surface area contributed by atoms with Crippen LogP contribution in [0, 0.1) is 11.8 Å². The minimum absolute atomic E-state index is 0.130. The summed E-state index contributed by atoms with van der Waals surface area (Å²) in [5.41, 5.74) is 5.17. The summed E-state index contributed by atoms with van der Waals surface area (Å²) in [6, 6.07) is 0. The molecule has 2 N–H and O–H groups in total. The maximum absolute atomic E-state index is 10.7. The zero-order chi connectivity index (χ0) is 8.97. The molecule has 0 heterocycles. The number of carbonyl (C=O) groups is 1. The van der Waals surface area contributed by atoms with Gasteiger partial charge in [0.15, 0.2) is 0 Å². The zero-order valence-electron chi connectivity index (χ0n) is 7.88. The van der Waals surface area contributed by atoms with Gasteiger partial charge in [-0.1, -0.05) is 26.2 Å². The van der Waals surface area contributed by atoms with Crippen molar-refractivity contribution < 1.29 is 4.79 Å². The van der Waals surface area contributed by atoms with Crippen LogP contribution >= 0.6 is 0 Å². The van der Waals surface area contributed by atoms with E-state index in [4.69, 9.17) is 5.73 Å². The van der Waals surface area contributed by atoms with E-state index in [-0.39, 0.29) is 5.91 Å². The predicted octanol–water partition coefficient (Wildman–Crippen LogP) is 2.08. The molecule has 0 saturated heterocycles. The summed E-state index contributed by atoms with van der Waals surface area (Å²) in [6.45, 7) is 2.30. The molecule has 1 aliphatic rings. The molecule has 1 amide bonds. The minimum atomic E-state index is -0.130. The quantitative estimate of drug-likeness (QED) is 0.632. The van der Waals surface area contributed by atoms with Crippen molar-refractivity contribution in [3.8, 4) is 0 Å². The molecule has 1 rings (SSSR count). The Morgan fingerprint density at radius 3 is 2.75 bits per heavy atom. The molecular formula is C10H19NO. The predicted molar refractivity (Wildman–Crippen MR) is 49.6 cm³/mol. The summed E-state index contributed by atoms with van der Waals surface area (Å²) in [4.78, 5) is 10.7. The lowest BCUT2D eigenvalue weighted by molar-refractivity contribution is -0.119. The van der Waals surface area contributed by atoms with E-state index in [1.165, 1.54) is 32.1 Å². The number of amides is 1. The first-order valence-electron chi connectivity index (χ1n) is 4.96. The van der Waals surface area contributed by atoms with Crippen LogP contribution in [0.1, 0.15) is 45.4 Å². The summed E-state index contributed by atoms with van der Waals surface area (Å²) >= 11 is 0. The molecule has 1 fully saturated rings. The molecule has 1 aliphatic carbocycles. The van der Waals surface area contributed by atoms with Gasteiger partial charge in [-0.3, -0.25) is 4.79 Å². The van der Waals surface area contributed by atoms with Crippen LogP contribution in [0.15, 0.2) is 0 Å². The van der Waals surface area contributed by atoms with Crippen molar-refractivity contribution in [2.45, 2.75) is 45.4 Å². The first kappa shape index (κ1) is 9.56. The second-order valence-electron chi connectivity index (χ2n) is 4.15. The first-order valence-corrected chi connectivity index (χ1v) is 4.96. The van der Waals surface area contributed by atoms with Crippen LogP contribution in [0.5, 0.6) is 0 Å². The Bertz CT molecular complexity index is 156. The van der Waals surface area contributed by atoms with E-state index in [1.807, 2.05) is 0 Å². The van der Waals surface area contributed by atoms with E-state index in [1.54, 1.807) is 0 Å². The first-order chi connectivity index (χ1) is 5.68. The summed E-state index contributed by atoms with van der Waals surface area (Å²) in [6.07, 6.45) is 6.89. The van der Waals surface area contributed by atoms with Crippen molar-refractivity contribution in [1.82, 2.24) is 0 Å². The van der Waals surface area contributed by atoms with E-state index >= 15 is 0 Å². The van der Waals surface area contributed by atoms with Crippen molar-refractivity contribution in [3.05, 3.63) is 0 Å². The van der Waals surface area contributed by atoms with Crippen LogP contribution in [0.3, 0.4) is 0 Å². The standard InChI is InChI=1S/C10H19NO/c1-8-3-2-4-9(6-5-8)7-10(11)12/h8-9H,2-7H2,1H3,(H2,11,12)/t8-,9-/m0/s1. The summed E-state index contributed by atoms with van der Waals surface area (Å²) < 4.78 is 0. The summed E-state index contributed by atoms with van der Waals surface area (Å²) in [7, 11) is 0. The van der Waals surface area contributed by atoms with Gasteiger partial charge in [-0.05, 0) is 24.7 Å². The van der Waals surface area contributed by atoms with Gasteiger partial charge in [-0.2, -0.15) is 0 Å². The number of nitrogens with two attached hydrogens (primary N) is 1. The molecule has 70 valence electrons. The van der Waals surface area contributed by atoms with Crippen molar-refractivity contribution in [2.75, 3.05) is 0 Å². The maximum atomic E-state index is 10.7. The highest BCUT2D eigenvalue weighted by Gasteiger charge is 2.17. The average Bonchev–Trinajstić information content (AvgIpc) is 2.15. The Balaban J connectivity index is 2.30. The van der Waals surface area contributed by atoms with Crippen LogP contribution < -0.4 is 5.73 Å². The molecule has 12 heavy (non-hydrogen) atoms. The van der Waals surface area contributed by atoms with Gasteiger partial charge in [-0.25, -0.2) is 0 Å². The third kappa shape index (κ3) is 3.24. The van der Waals surface area contributed by atoms with Crippen LogP contribution in [0.25, 0.3) is 0 Å². The highest BCUT2D eigenvalue weighted by atomic mass is 16.1. The van der Waals surface area contributed by atoms with Gasteiger partial charge in [0.2, 0.25) is 5.91 Å². The Kier molecular flexibility index (Phi) is 3.57. The second kappa shape index (κ2) is 4.48. The third-order valence-corrected chi connectivity index (χ3v) is 2.87. The molecule has 0 spiro atoms. The average molecular weight is 169 g/mol. The largest absolute Gasteiger partial charge is 0.370 e. The Morgan fingerprint density at radius 1 is 1.33 bits per heavy atom. The Labute approximate surface area is 74.5 Å². The molecular weight excluding hydrogens is 150 g/mol. The molecule has 0 aromatic carbocycles. The molecule has 0 unspecified atom stereocenters. The monoisotopic (exact) mass is 169 g/mol. The lowest BCUT2D eigenvalue weighted by Crippen LogP contribution is -2.15. The Morgan fingerprint density at radius 2 is 2.08 bits per heavy atom. The van der Waals surface area contributed by atoms with Gasteiger partial charge in [0.1, 0.15) is 0 Å². The minimum Gasteiger partial charge on any atom is -0.370 e. The van der Waals surface area contributed by atoms with Crippen LogP contribution in [0.2, 0.25) is 0 Å². The molecule has 0 aromatic heterocycles. The summed E-state index contributed by atoms with van der Waals surface area (Å²) in [5, 5.41) is 0. The van der Waals surface area contributed by atoms with Gasteiger partial charge < -0.3 is 5.73 Å². The van der Waals surface area contributed by atoms with Gasteiger partial charge in [0.05, 0.1) is 0 Å². The maximum Gasteiger partial charge on any atom is 0.217 e. The fourth-order valence-electron chi connectivity index (χ4n) is 2.05. The van der Waals surface area contributed by atoms with Crippen molar-refractivity contribution in [1.29, 1.82) is 0 Å². The van der Waals surface area contributed by atoms with E-state index in [0.29, 0.717) is 12.3 Å². The van der Waals surface area contributed by atoms with Gasteiger partial charge >= 0.3 is 0 Å². The normalized spacial score (nSPS) is 31.1. The highest BCUT2D eigenvalue weighted by molar-refractivity contribution is 5.73. The number of hydrogen-bond acceptors (Lipinski definition) is 1. The second-order valence-corrected chi connectivity index (χ2v) is 4.15. The van der Waals surface area contributed by atoms with Gasteiger partial charge in [-0.15, -0.1) is 0 Å². The molecule has 2 atom stereocenters. The fraction of sp³-hybridized carbons (Fsp3) is 0.900. The van der Waals surface area contributed by atoms with E-state index in [9.17, 15) is 4.79 Å². The van der Waals surface area contributed by atoms with Crippen LogP contribution in [-0.2, 0) is 4.79 Å². The van der Waals surface area contributed by atoms with E-state index < -0.39 is 0 Å². The molecule has 1 saturated carbocycles. The smallest absolute Gasteiger partial charge is 0.217 e. The lowest BCUT2D eigenvalue weighted by Gasteiger charge is -2.10. The topological polar surface area (TPSA) is 43.1 Å². The van der Waals surface area contributed by atoms with Crippen LogP contribution in [0.4, 0.5) is 0 Å². The number of hydrogen-bond donors (Lipinski definition) is 1. The van der Waals surface area contributed by atoms with Gasteiger partial charge in [0.25, 0.3) is 0 Å². The fourth-order valence-corrected chi connectivity index (χ4v) is 2.05. The molecule has 0 radical (unpaired) electrons. The number of rotatable bonds is 2. The zero-order valence-corrected chi connectivity index (χ0v) is 7.88. The van der Waals surface area contributed by atoms with Gasteiger partial charge in [0, 0.05) is 6.42 Å². The van der Waals surface area contributed by atoms with E-state index in [0.717, 1.165) is 5.92 Å². The highest BCUT2D eigenvalue weighted by Crippen LogP contribution is 2.28. The number of primary amides is 1. The molecule has 0 aromatic rings. The summed E-state index contributed by atoms with van der Waals surface area (Å²) in [5.74, 6) is 1.30. The SMILES string of the molecule is C[C@H]1CCC[C@H](CC(N)=O)CC1. The van der Waals surface area contributed by atoms with Crippen molar-refractivity contribution in [2.24, 2.45) is 17.6 Å². The van der Waals surface area contributed by atoms with Crippen molar-refractivity contribution in [3.63, 3.8) is 0 Å². The Hall–Kier alpha value is -0.530. The van der Waals surface area contributed by atoms with E-state index in [2.05, 4.69) is 6.92 Å². The molecule has 0 aliphatic heterocycles. The molecule has 2 nitrogen and oxygen atoms in total. The molecule has 2 heteroatoms. The molecule has 0 bridgehead atoms. The third-order valence-electron chi connectivity index (χ3n) is 2.87. The number of carbonyl (C=O) groups excluding carboxylic acids is 1. The van der Waals surface area contributed by atoms with Crippen LogP contribution in [-0.4, -0.2) is 5.91 Å². The van der Waals surface area contributed by atoms with Crippen molar-refractivity contribution >= 4 is 5.91 Å².